The number of H-pyrrole nitrogens is 1. The van der Waals surface area contributed by atoms with Crippen LogP contribution in [0.1, 0.15) is 60.2 Å². The summed E-state index contributed by atoms with van der Waals surface area (Å²) in [5, 5.41) is 10.4. The van der Waals surface area contributed by atoms with Crippen molar-refractivity contribution in [1.82, 2.24) is 20.2 Å². The molecule has 0 spiro atoms. The first-order valence-electron chi connectivity index (χ1n) is 14.2. The molecule has 7 nitrogen and oxygen atoms in total. The molecule has 0 radical (unpaired) electrons. The number of aromatic nitrogens is 4. The Hall–Kier alpha value is -2.52. The lowest BCUT2D eigenvalue weighted by molar-refractivity contribution is 0.0497. The van der Waals surface area contributed by atoms with Gasteiger partial charge in [-0.15, -0.1) is 0 Å². The van der Waals surface area contributed by atoms with Crippen molar-refractivity contribution in [1.29, 1.82) is 0 Å². The number of aromatic amines is 1. The topological polar surface area (TPSA) is 85.0 Å². The number of halogens is 4. The van der Waals surface area contributed by atoms with E-state index in [1.165, 1.54) is 6.20 Å². The van der Waals surface area contributed by atoms with E-state index in [2.05, 4.69) is 59.3 Å². The molecule has 0 amide bonds. The van der Waals surface area contributed by atoms with Gasteiger partial charge in [0.25, 0.3) is 14.7 Å². The summed E-state index contributed by atoms with van der Waals surface area (Å²) in [4.78, 5) is 8.90. The molecule has 3 aromatic rings. The molecule has 2 atom stereocenters. The molecule has 2 unspecified atom stereocenters. The Morgan fingerprint density at radius 2 is 1.57 bits per heavy atom. The van der Waals surface area contributed by atoms with Gasteiger partial charge in [-0.3, -0.25) is 5.10 Å². The van der Waals surface area contributed by atoms with Crippen LogP contribution in [-0.4, -0.2) is 56.4 Å². The molecule has 0 aliphatic heterocycles. The highest BCUT2D eigenvalue weighted by molar-refractivity contribution is 6.75. The highest BCUT2D eigenvalue weighted by Gasteiger charge is 2.40. The van der Waals surface area contributed by atoms with Crippen LogP contribution in [0.2, 0.25) is 36.3 Å². The average molecular weight is 628 g/mol. The summed E-state index contributed by atoms with van der Waals surface area (Å²) < 4.78 is 70.3. The van der Waals surface area contributed by atoms with E-state index in [9.17, 15) is 8.78 Å². The van der Waals surface area contributed by atoms with Crippen LogP contribution in [0.25, 0.3) is 22.4 Å². The Balaban J connectivity index is 1.99. The monoisotopic (exact) mass is 627 g/mol. The molecular weight excluding hydrogens is 583 g/mol. The van der Waals surface area contributed by atoms with Gasteiger partial charge in [0.15, 0.2) is 31.8 Å². The highest BCUT2D eigenvalue weighted by atomic mass is 28.4. The number of nitrogens with one attached hydrogen (secondary N) is 2. The number of rotatable bonds is 11. The molecule has 0 saturated carbocycles. The zero-order chi connectivity index (χ0) is 31.8. The van der Waals surface area contributed by atoms with Crippen molar-refractivity contribution in [3.8, 4) is 17.1 Å². The minimum Gasteiger partial charge on any atom is -0.542 e. The number of alkyl halides is 3. The summed E-state index contributed by atoms with van der Waals surface area (Å²) in [5.41, 5.74) is -0.328. The van der Waals surface area contributed by atoms with E-state index < -0.39 is 40.6 Å². The van der Waals surface area contributed by atoms with Crippen molar-refractivity contribution in [2.75, 3.05) is 18.5 Å². The van der Waals surface area contributed by atoms with Gasteiger partial charge in [-0.1, -0.05) is 48.5 Å². The largest absolute Gasteiger partial charge is 0.542 e. The maximum Gasteiger partial charge on any atom is 0.273 e. The normalized spacial score (nSPS) is 14.9. The van der Waals surface area contributed by atoms with Gasteiger partial charge >= 0.3 is 0 Å². The molecule has 0 aliphatic carbocycles. The van der Waals surface area contributed by atoms with Crippen LogP contribution in [0.5, 0.6) is 5.75 Å². The maximum atomic E-state index is 15.5. The number of hydrogen-bond acceptors (Lipinski definition) is 6. The van der Waals surface area contributed by atoms with Crippen molar-refractivity contribution in [3.63, 3.8) is 0 Å². The predicted octanol–water partition coefficient (Wildman–Crippen LogP) is 8.89. The Labute approximate surface area is 248 Å². The summed E-state index contributed by atoms with van der Waals surface area (Å²) in [6.07, 6.45) is -4.51. The van der Waals surface area contributed by atoms with E-state index in [1.54, 1.807) is 0 Å². The molecule has 0 bridgehead atoms. The third-order valence-corrected chi connectivity index (χ3v) is 17.3. The molecule has 42 heavy (non-hydrogen) atoms. The Bertz CT molecular complexity index is 1390. The molecule has 0 fully saturated rings. The predicted molar refractivity (Wildman–Crippen MR) is 166 cm³/mol. The molecule has 2 aromatic heterocycles. The Morgan fingerprint density at radius 1 is 0.952 bits per heavy atom. The van der Waals surface area contributed by atoms with Crippen LogP contribution in [0.4, 0.5) is 23.4 Å². The Kier molecular flexibility index (Phi) is 9.90. The van der Waals surface area contributed by atoms with Gasteiger partial charge in [0.2, 0.25) is 0 Å². The molecule has 234 valence electrons. The minimum atomic E-state index is -3.34. The van der Waals surface area contributed by atoms with Gasteiger partial charge in [-0.25, -0.2) is 27.5 Å². The van der Waals surface area contributed by atoms with Crippen LogP contribution in [0, 0.1) is 11.7 Å². The van der Waals surface area contributed by atoms with Crippen molar-refractivity contribution < 1.29 is 26.4 Å². The fourth-order valence-corrected chi connectivity index (χ4v) is 5.77. The highest BCUT2D eigenvalue weighted by Crippen LogP contribution is 2.42. The minimum absolute atomic E-state index is 0.0788. The number of benzene rings is 1. The fraction of sp³-hybridized carbons (Fsp3) is 0.621. The van der Waals surface area contributed by atoms with Crippen LogP contribution >= 0.6 is 0 Å². The lowest BCUT2D eigenvalue weighted by Crippen LogP contribution is -2.44. The summed E-state index contributed by atoms with van der Waals surface area (Å²) in [7, 11) is -4.49. The summed E-state index contributed by atoms with van der Waals surface area (Å²) >= 11 is 0. The third kappa shape index (κ3) is 7.51. The van der Waals surface area contributed by atoms with Gasteiger partial charge < -0.3 is 14.2 Å². The van der Waals surface area contributed by atoms with E-state index in [0.717, 1.165) is 12.1 Å². The second-order valence-electron chi connectivity index (χ2n) is 14.1. The number of nitrogens with zero attached hydrogens (tertiary/aromatic N) is 3. The van der Waals surface area contributed by atoms with E-state index in [1.807, 2.05) is 40.8 Å². The van der Waals surface area contributed by atoms with Crippen molar-refractivity contribution in [3.05, 3.63) is 29.7 Å². The van der Waals surface area contributed by atoms with Crippen molar-refractivity contribution >= 4 is 33.5 Å². The van der Waals surface area contributed by atoms with Crippen LogP contribution < -0.4 is 9.74 Å². The van der Waals surface area contributed by atoms with Crippen LogP contribution in [0.15, 0.2) is 18.3 Å². The van der Waals surface area contributed by atoms with E-state index >= 15 is 8.78 Å². The van der Waals surface area contributed by atoms with Crippen molar-refractivity contribution in [2.24, 2.45) is 5.92 Å². The van der Waals surface area contributed by atoms with Gasteiger partial charge in [-0.05, 0) is 54.3 Å². The molecule has 2 heterocycles. The first kappa shape index (κ1) is 34.0. The molecular formula is C29H45F4N5O2Si2. The summed E-state index contributed by atoms with van der Waals surface area (Å²) in [6.45, 7) is 23.7. The van der Waals surface area contributed by atoms with Crippen LogP contribution in [-0.2, 0) is 4.43 Å². The number of fused-ring (bicyclic) bond motifs is 1. The van der Waals surface area contributed by atoms with E-state index in [-0.39, 0.29) is 33.1 Å². The van der Waals surface area contributed by atoms with E-state index in [0.29, 0.717) is 30.0 Å². The zero-order valence-electron chi connectivity index (χ0n) is 26.5. The summed E-state index contributed by atoms with van der Waals surface area (Å²) in [5.74, 6) is -0.716. The SMILES string of the molecule is CC(CNc1nc(-c2cc(F)c(O[Si](C)(C)C(C)(C)C)cc2C(F)C(F)F)nc2[nH]ncc12)CO[Si](C)(C)C(C)(C)C. The Morgan fingerprint density at radius 3 is 2.14 bits per heavy atom. The quantitative estimate of drug-likeness (QED) is 0.163. The molecule has 0 aliphatic rings. The third-order valence-electron chi connectivity index (χ3n) is 8.50. The smallest absolute Gasteiger partial charge is 0.273 e. The lowest BCUT2D eigenvalue weighted by Gasteiger charge is -2.37. The molecule has 3 rings (SSSR count). The lowest BCUT2D eigenvalue weighted by atomic mass is 10.0. The number of hydrogen-bond donors (Lipinski definition) is 2. The fourth-order valence-electron chi connectivity index (χ4n) is 3.62. The van der Waals surface area contributed by atoms with Crippen molar-refractivity contribution in [2.45, 2.75) is 97.3 Å². The first-order valence-corrected chi connectivity index (χ1v) is 20.0. The second kappa shape index (κ2) is 12.2. The first-order chi connectivity index (χ1) is 19.1. The number of anilines is 1. The molecule has 2 N–H and O–H groups in total. The molecule has 0 saturated heterocycles. The van der Waals surface area contributed by atoms with Gasteiger partial charge in [0.05, 0.1) is 11.6 Å². The van der Waals surface area contributed by atoms with Gasteiger partial charge in [-0.2, -0.15) is 5.10 Å². The molecule has 1 aromatic carbocycles. The second-order valence-corrected chi connectivity index (χ2v) is 23.6. The standard InChI is InChI=1S/C29H45F4N5O2Si2/c1-17(16-39-41(8,9)28(2,3)4)14-34-25-20-15-35-38-27(20)37-26(36-25)19-12-21(30)22(13-18(19)23(31)24(32)33)40-42(10,11)29(5,6)7/h12-13,15,17,23-24H,14,16H2,1-11H3,(H2,34,35,36,37,38). The summed E-state index contributed by atoms with van der Waals surface area (Å²) in [6, 6.07) is 2.00. The van der Waals surface area contributed by atoms with Crippen LogP contribution in [0.3, 0.4) is 0 Å². The average Bonchev–Trinajstić information content (AvgIpc) is 3.34. The van der Waals surface area contributed by atoms with E-state index in [4.69, 9.17) is 8.85 Å². The van der Waals surface area contributed by atoms with Gasteiger partial charge in [0.1, 0.15) is 11.6 Å². The van der Waals surface area contributed by atoms with Gasteiger partial charge in [0, 0.05) is 24.3 Å². The zero-order valence-corrected chi connectivity index (χ0v) is 28.5. The maximum absolute atomic E-state index is 15.5. The molecule has 13 heteroatoms.